The van der Waals surface area contributed by atoms with Crippen LogP contribution in [0.3, 0.4) is 0 Å². The number of nitrogens with zero attached hydrogens (tertiary/aromatic N) is 1. The standard InChI is InChI=1S/C22H26N2O/c1-14(2)15-5-4-6-16(9-15)17-7-8-19-20(10-17)22(25)23-11-18-12-24(3)13-21(18)19/h4-10,14,18,21H,11-13H2,1-3H3,(H,23,25)/t18-,21-/m0/s1. The lowest BCUT2D eigenvalue weighted by atomic mass is 9.86. The van der Waals surface area contributed by atoms with Gasteiger partial charge in [-0.05, 0) is 47.2 Å². The lowest BCUT2D eigenvalue weighted by Gasteiger charge is -2.17. The molecule has 0 unspecified atom stereocenters. The first-order valence-corrected chi connectivity index (χ1v) is 9.24. The molecule has 1 fully saturated rings. The maximum atomic E-state index is 12.7. The Balaban J connectivity index is 1.77. The van der Waals surface area contributed by atoms with Crippen molar-refractivity contribution in [1.82, 2.24) is 10.2 Å². The summed E-state index contributed by atoms with van der Waals surface area (Å²) < 4.78 is 0. The van der Waals surface area contributed by atoms with Crippen LogP contribution in [0.25, 0.3) is 11.1 Å². The molecule has 2 aromatic rings. The number of benzene rings is 2. The molecule has 1 amide bonds. The van der Waals surface area contributed by atoms with Crippen molar-refractivity contribution >= 4 is 5.91 Å². The Morgan fingerprint density at radius 1 is 1.08 bits per heavy atom. The normalized spacial score (nSPS) is 23.1. The second kappa shape index (κ2) is 6.30. The highest BCUT2D eigenvalue weighted by Crippen LogP contribution is 2.37. The van der Waals surface area contributed by atoms with Crippen molar-refractivity contribution in [2.45, 2.75) is 25.7 Å². The van der Waals surface area contributed by atoms with Gasteiger partial charge in [0.25, 0.3) is 5.91 Å². The number of fused-ring (bicyclic) bond motifs is 3. The van der Waals surface area contributed by atoms with Crippen LogP contribution in [0.1, 0.15) is 47.2 Å². The predicted molar refractivity (Wildman–Crippen MR) is 102 cm³/mol. The van der Waals surface area contributed by atoms with Gasteiger partial charge in [0.05, 0.1) is 0 Å². The van der Waals surface area contributed by atoms with Crippen molar-refractivity contribution in [3.05, 3.63) is 59.2 Å². The quantitative estimate of drug-likeness (QED) is 0.904. The monoisotopic (exact) mass is 334 g/mol. The van der Waals surface area contributed by atoms with Gasteiger partial charge in [0.2, 0.25) is 0 Å². The fraction of sp³-hybridized carbons (Fsp3) is 0.409. The van der Waals surface area contributed by atoms with Gasteiger partial charge in [-0.1, -0.05) is 50.2 Å². The molecular weight excluding hydrogens is 308 g/mol. The smallest absolute Gasteiger partial charge is 0.251 e. The molecule has 0 spiro atoms. The molecule has 130 valence electrons. The summed E-state index contributed by atoms with van der Waals surface area (Å²) in [6, 6.07) is 15.1. The van der Waals surface area contributed by atoms with E-state index in [2.05, 4.69) is 73.6 Å². The van der Waals surface area contributed by atoms with Gasteiger partial charge < -0.3 is 10.2 Å². The Labute approximate surface area is 150 Å². The highest BCUT2D eigenvalue weighted by Gasteiger charge is 2.36. The lowest BCUT2D eigenvalue weighted by Crippen LogP contribution is -2.29. The van der Waals surface area contributed by atoms with E-state index in [0.29, 0.717) is 17.8 Å². The van der Waals surface area contributed by atoms with Crippen LogP contribution in [-0.4, -0.2) is 37.5 Å². The van der Waals surface area contributed by atoms with Crippen LogP contribution in [0, 0.1) is 5.92 Å². The SMILES string of the molecule is CC(C)c1cccc(-c2ccc3c(c2)C(=O)NC[C@H]2CN(C)C[C@H]32)c1. The molecule has 0 saturated carbocycles. The minimum Gasteiger partial charge on any atom is -0.352 e. The van der Waals surface area contributed by atoms with Gasteiger partial charge in [-0.15, -0.1) is 0 Å². The van der Waals surface area contributed by atoms with Gasteiger partial charge in [0, 0.05) is 31.1 Å². The number of hydrogen-bond acceptors (Lipinski definition) is 2. The van der Waals surface area contributed by atoms with Crippen LogP contribution >= 0.6 is 0 Å². The third-order valence-electron chi connectivity index (χ3n) is 5.73. The molecule has 2 aromatic carbocycles. The van der Waals surface area contributed by atoms with E-state index in [1.54, 1.807) is 0 Å². The van der Waals surface area contributed by atoms with Gasteiger partial charge in [-0.25, -0.2) is 0 Å². The van der Waals surface area contributed by atoms with Crippen LogP contribution in [0.5, 0.6) is 0 Å². The largest absolute Gasteiger partial charge is 0.352 e. The molecule has 0 radical (unpaired) electrons. The van der Waals surface area contributed by atoms with Crippen LogP contribution in [-0.2, 0) is 0 Å². The number of nitrogens with one attached hydrogen (secondary N) is 1. The van der Waals surface area contributed by atoms with Gasteiger partial charge in [-0.2, -0.15) is 0 Å². The van der Waals surface area contributed by atoms with Gasteiger partial charge in [0.15, 0.2) is 0 Å². The zero-order chi connectivity index (χ0) is 17.6. The topological polar surface area (TPSA) is 32.3 Å². The number of hydrogen-bond donors (Lipinski definition) is 1. The third kappa shape index (κ3) is 2.98. The first-order valence-electron chi connectivity index (χ1n) is 9.24. The fourth-order valence-electron chi connectivity index (χ4n) is 4.30. The maximum Gasteiger partial charge on any atom is 0.251 e. The molecule has 2 heterocycles. The van der Waals surface area contributed by atoms with E-state index < -0.39 is 0 Å². The number of rotatable bonds is 2. The summed E-state index contributed by atoms with van der Waals surface area (Å²) in [4.78, 5) is 15.0. The zero-order valence-electron chi connectivity index (χ0n) is 15.3. The average Bonchev–Trinajstić information content (AvgIpc) is 2.94. The van der Waals surface area contributed by atoms with E-state index >= 15 is 0 Å². The van der Waals surface area contributed by atoms with E-state index in [0.717, 1.165) is 30.8 Å². The molecule has 1 N–H and O–H groups in total. The third-order valence-corrected chi connectivity index (χ3v) is 5.73. The Kier molecular flexibility index (Phi) is 4.12. The van der Waals surface area contributed by atoms with Gasteiger partial charge >= 0.3 is 0 Å². The summed E-state index contributed by atoms with van der Waals surface area (Å²) in [7, 11) is 2.17. The van der Waals surface area contributed by atoms with Crippen LogP contribution < -0.4 is 5.32 Å². The Bertz CT molecular complexity index is 811. The Hall–Kier alpha value is -2.13. The van der Waals surface area contributed by atoms with Gasteiger partial charge in [-0.3, -0.25) is 4.79 Å². The van der Waals surface area contributed by atoms with E-state index in [4.69, 9.17) is 0 Å². The molecule has 1 saturated heterocycles. The molecule has 0 aromatic heterocycles. The molecule has 2 atom stereocenters. The lowest BCUT2D eigenvalue weighted by molar-refractivity contribution is 0.0951. The summed E-state index contributed by atoms with van der Waals surface area (Å²) in [5.74, 6) is 1.55. The van der Waals surface area contributed by atoms with Crippen molar-refractivity contribution in [1.29, 1.82) is 0 Å². The van der Waals surface area contributed by atoms with Gasteiger partial charge in [0.1, 0.15) is 0 Å². The van der Waals surface area contributed by atoms with E-state index in [1.807, 2.05) is 0 Å². The molecule has 3 heteroatoms. The molecule has 4 rings (SSSR count). The summed E-state index contributed by atoms with van der Waals surface area (Å²) in [5, 5.41) is 3.14. The van der Waals surface area contributed by atoms with Crippen molar-refractivity contribution in [2.75, 3.05) is 26.7 Å². The number of carbonyl (C=O) groups excluding carboxylic acids is 1. The van der Waals surface area contributed by atoms with Crippen LogP contribution in [0.2, 0.25) is 0 Å². The van der Waals surface area contributed by atoms with Crippen molar-refractivity contribution < 1.29 is 4.79 Å². The molecular formula is C22H26N2O. The van der Waals surface area contributed by atoms with Crippen molar-refractivity contribution in [3.63, 3.8) is 0 Å². The molecule has 0 bridgehead atoms. The van der Waals surface area contributed by atoms with Crippen LogP contribution in [0.4, 0.5) is 0 Å². The van der Waals surface area contributed by atoms with E-state index in [9.17, 15) is 4.79 Å². The predicted octanol–water partition coefficient (Wildman–Crippen LogP) is 3.87. The fourth-order valence-corrected chi connectivity index (χ4v) is 4.30. The minimum absolute atomic E-state index is 0.0777. The first kappa shape index (κ1) is 16.3. The zero-order valence-corrected chi connectivity index (χ0v) is 15.3. The molecule has 25 heavy (non-hydrogen) atoms. The minimum atomic E-state index is 0.0777. The molecule has 0 aliphatic carbocycles. The van der Waals surface area contributed by atoms with Crippen LogP contribution in [0.15, 0.2) is 42.5 Å². The van der Waals surface area contributed by atoms with Crippen molar-refractivity contribution in [3.8, 4) is 11.1 Å². The number of carbonyl (C=O) groups is 1. The number of amides is 1. The summed E-state index contributed by atoms with van der Waals surface area (Å²) >= 11 is 0. The summed E-state index contributed by atoms with van der Waals surface area (Å²) in [6.07, 6.45) is 0. The maximum absolute atomic E-state index is 12.7. The second-order valence-corrected chi connectivity index (χ2v) is 7.88. The molecule has 2 aliphatic heterocycles. The Morgan fingerprint density at radius 3 is 2.68 bits per heavy atom. The molecule has 3 nitrogen and oxygen atoms in total. The average molecular weight is 334 g/mol. The first-order chi connectivity index (χ1) is 12.0. The van der Waals surface area contributed by atoms with Crippen molar-refractivity contribution in [2.24, 2.45) is 5.92 Å². The second-order valence-electron chi connectivity index (χ2n) is 7.88. The number of likely N-dealkylation sites (tertiary alicyclic amines) is 1. The highest BCUT2D eigenvalue weighted by atomic mass is 16.1. The Morgan fingerprint density at radius 2 is 1.88 bits per heavy atom. The highest BCUT2D eigenvalue weighted by molar-refractivity contribution is 5.97. The van der Waals surface area contributed by atoms with E-state index in [-0.39, 0.29) is 5.91 Å². The summed E-state index contributed by atoms with van der Waals surface area (Å²) in [6.45, 7) is 7.29. The molecule has 2 aliphatic rings. The van der Waals surface area contributed by atoms with E-state index in [1.165, 1.54) is 16.7 Å². The number of likely N-dealkylation sites (N-methyl/N-ethyl adjacent to an activating group) is 1. The summed E-state index contributed by atoms with van der Waals surface area (Å²) in [5.41, 5.74) is 5.71.